The van der Waals surface area contributed by atoms with Crippen LogP contribution in [0.1, 0.15) is 113 Å². The van der Waals surface area contributed by atoms with E-state index in [1.165, 1.54) is 56.4 Å². The van der Waals surface area contributed by atoms with Gasteiger partial charge in [0.05, 0.1) is 11.3 Å². The Morgan fingerprint density at radius 3 is 2.05 bits per heavy atom. The van der Waals surface area contributed by atoms with Gasteiger partial charge >= 0.3 is 12.4 Å². The first kappa shape index (κ1) is 46.2. The Morgan fingerprint density at radius 2 is 1.53 bits per heavy atom. The Bertz CT molecular complexity index is 2280. The standard InChI is InChI=1S/C39H41F3NS.C7H9F3O2.Ir/c1-22-17-27(25-13-15-38(7,8)16-14-25)18-23(2)32(22)35-24(3)33-31(39(40,41)42)21-43-34(36(33)44-35)28-19-26-11-9-10-12-29(26)30(20-28)37(4,5)6;1-4(2)5(11)3-6(12)7(8,9)10;/h9-12,17-18,20-21,25H,13-16H2,1-8H3;3-4,11H,1-2H3;/q-1;;/b;5-3-;. The van der Waals surface area contributed by atoms with E-state index in [1.807, 2.05) is 25.1 Å². The number of nitrogens with zero attached hydrogens (tertiary/aromatic N) is 1. The van der Waals surface area contributed by atoms with Crippen LogP contribution in [0, 0.1) is 38.2 Å². The normalized spacial score (nSPS) is 15.4. The molecule has 1 saturated carbocycles. The minimum absolute atomic E-state index is 0. The van der Waals surface area contributed by atoms with Crippen LogP contribution in [-0.2, 0) is 36.5 Å². The second kappa shape index (κ2) is 17.0. The van der Waals surface area contributed by atoms with Gasteiger partial charge in [0.15, 0.2) is 0 Å². The number of alkyl halides is 6. The number of aryl methyl sites for hydroxylation is 3. The maximum absolute atomic E-state index is 14.5. The molecular formula is C46H50F6IrNO2S-. The minimum atomic E-state index is -4.90. The summed E-state index contributed by atoms with van der Waals surface area (Å²) in [5.41, 5.74) is 7.26. The first-order valence-electron chi connectivity index (χ1n) is 18.9. The van der Waals surface area contributed by atoms with E-state index in [0.717, 1.165) is 49.7 Å². The number of pyridine rings is 1. The summed E-state index contributed by atoms with van der Waals surface area (Å²) in [6, 6.07) is 18.2. The molecule has 1 N–H and O–H groups in total. The zero-order valence-electron chi connectivity index (χ0n) is 34.0. The van der Waals surface area contributed by atoms with Crippen molar-refractivity contribution in [1.29, 1.82) is 0 Å². The number of allylic oxidation sites excluding steroid dienone is 2. The zero-order chi connectivity index (χ0) is 41.7. The fourth-order valence-corrected chi connectivity index (χ4v) is 9.09. The number of rotatable bonds is 5. The Kier molecular flexibility index (Phi) is 13.8. The molecule has 57 heavy (non-hydrogen) atoms. The van der Waals surface area contributed by atoms with Crippen molar-refractivity contribution in [3.63, 3.8) is 0 Å². The van der Waals surface area contributed by atoms with E-state index < -0.39 is 35.4 Å². The Labute approximate surface area is 349 Å². The first-order valence-corrected chi connectivity index (χ1v) is 19.7. The van der Waals surface area contributed by atoms with Crippen molar-refractivity contribution in [2.24, 2.45) is 11.3 Å². The van der Waals surface area contributed by atoms with Crippen molar-refractivity contribution in [3.05, 3.63) is 99.9 Å². The molecule has 0 atom stereocenters. The topological polar surface area (TPSA) is 50.2 Å². The Hall–Kier alpha value is -3.53. The van der Waals surface area contributed by atoms with Crippen LogP contribution in [0.25, 0.3) is 42.6 Å². The number of aliphatic hydroxyl groups is 1. The summed E-state index contributed by atoms with van der Waals surface area (Å²) in [5, 5.41) is 11.1. The maximum atomic E-state index is 14.5. The van der Waals surface area contributed by atoms with Crippen LogP contribution in [0.5, 0.6) is 0 Å². The number of benzene rings is 3. The average molecular weight is 987 g/mol. The van der Waals surface area contributed by atoms with E-state index in [1.54, 1.807) is 0 Å². The quantitative estimate of drug-likeness (QED) is 0.0826. The molecule has 0 amide bonds. The number of aliphatic hydroxyl groups excluding tert-OH is 1. The largest absolute Gasteiger partial charge is 0.512 e. The van der Waals surface area contributed by atoms with Crippen LogP contribution in [0.3, 0.4) is 0 Å². The number of aromatic nitrogens is 1. The second-order valence-corrected chi connectivity index (χ2v) is 18.2. The molecule has 11 heteroatoms. The zero-order valence-corrected chi connectivity index (χ0v) is 37.2. The molecule has 3 nitrogen and oxygen atoms in total. The molecule has 3 aromatic carbocycles. The number of thiophene rings is 1. The third-order valence-corrected chi connectivity index (χ3v) is 12.2. The molecule has 0 saturated heterocycles. The smallest absolute Gasteiger partial charge is 0.454 e. The summed E-state index contributed by atoms with van der Waals surface area (Å²) in [7, 11) is 0. The second-order valence-electron chi connectivity index (χ2n) is 17.2. The molecule has 2 heterocycles. The number of hydrogen-bond donors (Lipinski definition) is 1. The molecule has 6 rings (SSSR count). The number of fused-ring (bicyclic) bond motifs is 2. The van der Waals surface area contributed by atoms with Crippen molar-refractivity contribution in [2.45, 2.75) is 119 Å². The molecule has 1 aliphatic rings. The van der Waals surface area contributed by atoms with Crippen LogP contribution in [0.4, 0.5) is 26.3 Å². The van der Waals surface area contributed by atoms with Crippen molar-refractivity contribution < 1.29 is 56.3 Å². The van der Waals surface area contributed by atoms with Gasteiger partial charge in [-0.05, 0) is 91.0 Å². The van der Waals surface area contributed by atoms with E-state index in [9.17, 15) is 31.1 Å². The third kappa shape index (κ3) is 10.2. The van der Waals surface area contributed by atoms with Gasteiger partial charge in [0.25, 0.3) is 5.78 Å². The van der Waals surface area contributed by atoms with Crippen LogP contribution in [0.15, 0.2) is 60.5 Å². The molecule has 1 fully saturated rings. The number of ketones is 1. The Balaban J connectivity index is 0.000000482. The maximum Gasteiger partial charge on any atom is 0.454 e. The average Bonchev–Trinajstić information content (AvgIpc) is 3.42. The van der Waals surface area contributed by atoms with Gasteiger partial charge < -0.3 is 5.11 Å². The van der Waals surface area contributed by atoms with Gasteiger partial charge in [-0.25, -0.2) is 0 Å². The van der Waals surface area contributed by atoms with E-state index >= 15 is 0 Å². The van der Waals surface area contributed by atoms with Crippen molar-refractivity contribution in [3.8, 4) is 21.7 Å². The first-order chi connectivity index (χ1) is 25.8. The fourth-order valence-electron chi connectivity index (χ4n) is 7.59. The van der Waals surface area contributed by atoms with E-state index in [4.69, 9.17) is 5.11 Å². The molecule has 0 bridgehead atoms. The van der Waals surface area contributed by atoms with Gasteiger partial charge in [0.2, 0.25) is 0 Å². The molecule has 5 aromatic rings. The van der Waals surface area contributed by atoms with E-state index in [0.29, 0.717) is 27.3 Å². The van der Waals surface area contributed by atoms with Crippen molar-refractivity contribution in [2.75, 3.05) is 0 Å². The summed E-state index contributed by atoms with van der Waals surface area (Å²) < 4.78 is 78.8. The van der Waals surface area contributed by atoms with Gasteiger partial charge in [-0.15, -0.1) is 40.5 Å². The van der Waals surface area contributed by atoms with Crippen LogP contribution in [0.2, 0.25) is 0 Å². The van der Waals surface area contributed by atoms with Gasteiger partial charge in [-0.2, -0.15) is 26.3 Å². The van der Waals surface area contributed by atoms with Crippen LogP contribution in [-0.4, -0.2) is 22.1 Å². The molecule has 1 aliphatic carbocycles. The summed E-state index contributed by atoms with van der Waals surface area (Å²) in [6.45, 7) is 20.2. The van der Waals surface area contributed by atoms with Gasteiger partial charge in [0, 0.05) is 59.0 Å². The fraction of sp³-hybridized carbons (Fsp3) is 0.435. The van der Waals surface area contributed by atoms with Crippen molar-refractivity contribution >= 4 is 38.0 Å². The summed E-state index contributed by atoms with van der Waals surface area (Å²) in [6.07, 6.45) is -3.41. The monoisotopic (exact) mass is 987 g/mol. The van der Waals surface area contributed by atoms with Crippen LogP contribution >= 0.6 is 11.3 Å². The van der Waals surface area contributed by atoms with Crippen LogP contribution < -0.4 is 0 Å². The molecular weight excluding hydrogens is 937 g/mol. The van der Waals surface area contributed by atoms with Crippen molar-refractivity contribution in [1.82, 2.24) is 4.98 Å². The number of halogens is 6. The van der Waals surface area contributed by atoms with Gasteiger partial charge in [-0.3, -0.25) is 9.78 Å². The SMILES string of the molecule is CC(C)/C(O)=C/C(=O)C(F)(F)F.Cc1cc(C2CCC(C)(C)CC2)cc(C)c1-c1sc2c(-c3[c-]c4ccccc4c(C(C)(C)C)c3)ncc(C(F)(F)F)c2c1C.[Ir]. The third-order valence-electron chi connectivity index (χ3n) is 10.8. The molecule has 309 valence electrons. The molecule has 0 spiro atoms. The number of carbonyl (C=O) groups is 1. The molecule has 0 unspecified atom stereocenters. The number of hydrogen-bond acceptors (Lipinski definition) is 4. The Morgan fingerprint density at radius 1 is 0.947 bits per heavy atom. The summed E-state index contributed by atoms with van der Waals surface area (Å²) >= 11 is 1.43. The molecule has 1 radical (unpaired) electrons. The summed E-state index contributed by atoms with van der Waals surface area (Å²) in [5.74, 6) is -2.53. The number of carbonyl (C=O) groups excluding carboxylic acids is 1. The van der Waals surface area contributed by atoms with Gasteiger partial charge in [-0.1, -0.05) is 89.7 Å². The molecule has 2 aromatic heterocycles. The molecule has 0 aliphatic heterocycles. The van der Waals surface area contributed by atoms with Gasteiger partial charge in [0.1, 0.15) is 0 Å². The van der Waals surface area contributed by atoms with E-state index in [-0.39, 0.29) is 37.0 Å². The predicted molar refractivity (Wildman–Crippen MR) is 216 cm³/mol. The predicted octanol–water partition coefficient (Wildman–Crippen LogP) is 14.7. The minimum Gasteiger partial charge on any atom is -0.512 e. The summed E-state index contributed by atoms with van der Waals surface area (Å²) in [4.78, 5) is 15.6. The van der Waals surface area contributed by atoms with E-state index in [2.05, 4.69) is 83.8 Å².